The lowest BCUT2D eigenvalue weighted by Crippen LogP contribution is -2.04. The van der Waals surface area contributed by atoms with Crippen LogP contribution in [0.2, 0.25) is 0 Å². The Morgan fingerprint density at radius 2 is 2.18 bits per heavy atom. The second-order valence-corrected chi connectivity index (χ2v) is 3.35. The number of aryl methyl sites for hydroxylation is 1. The van der Waals surface area contributed by atoms with Crippen LogP contribution in [0.5, 0.6) is 6.01 Å². The molecule has 2 aromatic heterocycles. The number of hydrogen-bond acceptors (Lipinski definition) is 6. The molecule has 0 aliphatic rings. The van der Waals surface area contributed by atoms with E-state index >= 15 is 0 Å². The minimum Gasteiger partial charge on any atom is -0.464 e. The van der Waals surface area contributed by atoms with Crippen molar-refractivity contribution in [3.05, 3.63) is 12.4 Å². The van der Waals surface area contributed by atoms with Crippen molar-refractivity contribution in [1.82, 2.24) is 24.7 Å². The van der Waals surface area contributed by atoms with E-state index in [9.17, 15) is 0 Å². The normalized spacial score (nSPS) is 10.3. The summed E-state index contributed by atoms with van der Waals surface area (Å²) in [4.78, 5) is 12.6. The van der Waals surface area contributed by atoms with Gasteiger partial charge in [-0.1, -0.05) is 0 Å². The van der Waals surface area contributed by atoms with Gasteiger partial charge in [0.2, 0.25) is 5.95 Å². The molecule has 0 saturated heterocycles. The first kappa shape index (κ1) is 11.3. The molecule has 7 heteroatoms. The predicted octanol–water partition coefficient (Wildman–Crippen LogP) is 0.712. The SMILES string of the molecule is CCOc1nc(NC)nc(-c2cnn(C)c2)n1. The number of hydrogen-bond donors (Lipinski definition) is 1. The molecule has 0 aromatic carbocycles. The minimum atomic E-state index is 0.311. The average molecular weight is 234 g/mol. The highest BCUT2D eigenvalue weighted by molar-refractivity contribution is 5.54. The molecule has 0 bridgehead atoms. The summed E-state index contributed by atoms with van der Waals surface area (Å²) in [7, 11) is 3.59. The first-order valence-corrected chi connectivity index (χ1v) is 5.28. The third kappa shape index (κ3) is 2.49. The van der Waals surface area contributed by atoms with Crippen molar-refractivity contribution in [3.63, 3.8) is 0 Å². The highest BCUT2D eigenvalue weighted by Crippen LogP contribution is 2.17. The van der Waals surface area contributed by atoms with Gasteiger partial charge in [0.05, 0.1) is 18.4 Å². The zero-order chi connectivity index (χ0) is 12.3. The van der Waals surface area contributed by atoms with E-state index < -0.39 is 0 Å². The van der Waals surface area contributed by atoms with Gasteiger partial charge in [-0.05, 0) is 6.92 Å². The van der Waals surface area contributed by atoms with Gasteiger partial charge in [0.25, 0.3) is 0 Å². The van der Waals surface area contributed by atoms with Crippen molar-refractivity contribution >= 4 is 5.95 Å². The molecule has 0 amide bonds. The summed E-state index contributed by atoms with van der Waals surface area (Å²) in [5, 5.41) is 6.95. The number of anilines is 1. The van der Waals surface area contributed by atoms with Gasteiger partial charge in [-0.25, -0.2) is 0 Å². The fraction of sp³-hybridized carbons (Fsp3) is 0.400. The van der Waals surface area contributed by atoms with Crippen LogP contribution in [0.15, 0.2) is 12.4 Å². The van der Waals surface area contributed by atoms with Gasteiger partial charge in [-0.3, -0.25) is 4.68 Å². The Hall–Kier alpha value is -2.18. The molecule has 90 valence electrons. The van der Waals surface area contributed by atoms with Gasteiger partial charge in [-0.15, -0.1) is 0 Å². The second-order valence-electron chi connectivity index (χ2n) is 3.35. The highest BCUT2D eigenvalue weighted by Gasteiger charge is 2.09. The topological polar surface area (TPSA) is 77.8 Å². The maximum Gasteiger partial charge on any atom is 0.321 e. The summed E-state index contributed by atoms with van der Waals surface area (Å²) in [5.74, 6) is 1.02. The van der Waals surface area contributed by atoms with Crippen LogP contribution in [0.4, 0.5) is 5.95 Å². The first-order valence-electron chi connectivity index (χ1n) is 5.28. The lowest BCUT2D eigenvalue weighted by Gasteiger charge is -2.05. The number of nitrogens with zero attached hydrogens (tertiary/aromatic N) is 5. The van der Waals surface area contributed by atoms with Gasteiger partial charge in [-0.2, -0.15) is 20.1 Å². The number of aromatic nitrogens is 5. The highest BCUT2D eigenvalue weighted by atomic mass is 16.5. The molecule has 2 rings (SSSR count). The molecular formula is C10H14N6O. The predicted molar refractivity (Wildman–Crippen MR) is 62.7 cm³/mol. The van der Waals surface area contributed by atoms with E-state index in [1.807, 2.05) is 20.2 Å². The fourth-order valence-electron chi connectivity index (χ4n) is 1.33. The van der Waals surface area contributed by atoms with E-state index in [2.05, 4.69) is 25.4 Å². The number of ether oxygens (including phenoxy) is 1. The molecule has 7 nitrogen and oxygen atoms in total. The van der Waals surface area contributed by atoms with Gasteiger partial charge >= 0.3 is 6.01 Å². The van der Waals surface area contributed by atoms with Crippen molar-refractivity contribution in [2.45, 2.75) is 6.92 Å². The van der Waals surface area contributed by atoms with E-state index in [1.54, 1.807) is 17.9 Å². The standard InChI is InChI=1S/C10H14N6O/c1-4-17-10-14-8(13-9(11-2)15-10)7-5-12-16(3)6-7/h5-6H,4H2,1-3H3,(H,11,13,14,15). The summed E-state index contributed by atoms with van der Waals surface area (Å²) in [6.07, 6.45) is 3.54. The van der Waals surface area contributed by atoms with Crippen molar-refractivity contribution in [1.29, 1.82) is 0 Å². The summed E-state index contributed by atoms with van der Waals surface area (Å²) in [6, 6.07) is 0.311. The van der Waals surface area contributed by atoms with Crippen LogP contribution in [-0.4, -0.2) is 38.4 Å². The van der Waals surface area contributed by atoms with Crippen LogP contribution in [0.1, 0.15) is 6.92 Å². The van der Waals surface area contributed by atoms with Crippen LogP contribution in [0.25, 0.3) is 11.4 Å². The molecule has 0 spiro atoms. The summed E-state index contributed by atoms with van der Waals surface area (Å²) in [5.41, 5.74) is 0.826. The Morgan fingerprint density at radius 1 is 1.35 bits per heavy atom. The quantitative estimate of drug-likeness (QED) is 0.839. The number of rotatable bonds is 4. The smallest absolute Gasteiger partial charge is 0.321 e. The largest absolute Gasteiger partial charge is 0.464 e. The van der Waals surface area contributed by atoms with E-state index in [-0.39, 0.29) is 0 Å². The molecule has 0 aliphatic heterocycles. The summed E-state index contributed by atoms with van der Waals surface area (Å²) < 4.78 is 6.98. The van der Waals surface area contributed by atoms with Crippen LogP contribution in [-0.2, 0) is 7.05 Å². The summed E-state index contributed by atoms with van der Waals surface area (Å²) in [6.45, 7) is 2.40. The van der Waals surface area contributed by atoms with E-state index in [1.165, 1.54) is 0 Å². The Kier molecular flexibility index (Phi) is 3.17. The zero-order valence-electron chi connectivity index (χ0n) is 10.0. The van der Waals surface area contributed by atoms with Gasteiger partial charge in [0, 0.05) is 20.3 Å². The third-order valence-electron chi connectivity index (χ3n) is 2.08. The van der Waals surface area contributed by atoms with Gasteiger partial charge in [0.1, 0.15) is 0 Å². The molecule has 17 heavy (non-hydrogen) atoms. The Labute approximate surface area is 98.9 Å². The van der Waals surface area contributed by atoms with E-state index in [0.717, 1.165) is 5.56 Å². The molecule has 0 aliphatic carbocycles. The van der Waals surface area contributed by atoms with Gasteiger partial charge < -0.3 is 10.1 Å². The molecule has 0 fully saturated rings. The Balaban J connectivity index is 2.42. The lowest BCUT2D eigenvalue weighted by molar-refractivity contribution is 0.312. The van der Waals surface area contributed by atoms with Crippen LogP contribution < -0.4 is 10.1 Å². The fourth-order valence-corrected chi connectivity index (χ4v) is 1.33. The van der Waals surface area contributed by atoms with Crippen molar-refractivity contribution in [2.24, 2.45) is 7.05 Å². The Bertz CT molecular complexity index is 509. The maximum atomic E-state index is 5.29. The summed E-state index contributed by atoms with van der Waals surface area (Å²) >= 11 is 0. The monoisotopic (exact) mass is 234 g/mol. The minimum absolute atomic E-state index is 0.311. The third-order valence-corrected chi connectivity index (χ3v) is 2.08. The number of nitrogens with one attached hydrogen (secondary N) is 1. The Morgan fingerprint density at radius 3 is 2.76 bits per heavy atom. The van der Waals surface area contributed by atoms with E-state index in [0.29, 0.717) is 24.4 Å². The molecule has 0 atom stereocenters. The average Bonchev–Trinajstić information content (AvgIpc) is 2.76. The van der Waals surface area contributed by atoms with Crippen molar-refractivity contribution < 1.29 is 4.74 Å². The first-order chi connectivity index (χ1) is 8.22. The molecule has 0 saturated carbocycles. The molecule has 0 unspecified atom stereocenters. The molecule has 2 aromatic rings. The molecule has 0 radical (unpaired) electrons. The maximum absolute atomic E-state index is 5.29. The van der Waals surface area contributed by atoms with Crippen molar-refractivity contribution in [2.75, 3.05) is 19.0 Å². The van der Waals surface area contributed by atoms with Crippen LogP contribution >= 0.6 is 0 Å². The second kappa shape index (κ2) is 4.77. The van der Waals surface area contributed by atoms with Crippen LogP contribution in [0.3, 0.4) is 0 Å². The molecular weight excluding hydrogens is 220 g/mol. The van der Waals surface area contributed by atoms with E-state index in [4.69, 9.17) is 4.74 Å². The zero-order valence-corrected chi connectivity index (χ0v) is 10.0. The van der Waals surface area contributed by atoms with Gasteiger partial charge in [0.15, 0.2) is 5.82 Å². The lowest BCUT2D eigenvalue weighted by atomic mass is 10.3. The van der Waals surface area contributed by atoms with Crippen molar-refractivity contribution in [3.8, 4) is 17.4 Å². The van der Waals surface area contributed by atoms with Crippen LogP contribution in [0, 0.1) is 0 Å². The molecule has 1 N–H and O–H groups in total. The molecule has 2 heterocycles.